The maximum atomic E-state index is 13.9. The minimum Gasteiger partial charge on any atom is -0.494 e. The Balaban J connectivity index is 1.64. The van der Waals surface area contributed by atoms with Gasteiger partial charge in [-0.05, 0) is 51.8 Å². The van der Waals surface area contributed by atoms with Crippen molar-refractivity contribution < 1.29 is 18.3 Å². The normalized spacial score (nSPS) is 11.7. The second-order valence-corrected chi connectivity index (χ2v) is 9.09. The number of aryl methyl sites for hydroxylation is 3. The van der Waals surface area contributed by atoms with E-state index in [-0.39, 0.29) is 12.0 Å². The van der Waals surface area contributed by atoms with Crippen molar-refractivity contribution in [2.75, 3.05) is 25.6 Å². The molecular weight excluding hydrogens is 474 g/mol. The molecule has 0 atom stereocenters. The van der Waals surface area contributed by atoms with E-state index in [4.69, 9.17) is 9.47 Å². The molecule has 0 bridgehead atoms. The highest BCUT2D eigenvalue weighted by Gasteiger charge is 2.28. The summed E-state index contributed by atoms with van der Waals surface area (Å²) in [7, 11) is 1.65. The second-order valence-electron chi connectivity index (χ2n) is 9.09. The summed E-state index contributed by atoms with van der Waals surface area (Å²) >= 11 is 0. The molecule has 0 aliphatic carbocycles. The van der Waals surface area contributed by atoms with Gasteiger partial charge in [-0.25, -0.2) is 8.78 Å². The van der Waals surface area contributed by atoms with Crippen LogP contribution in [0.15, 0.2) is 42.5 Å². The van der Waals surface area contributed by atoms with E-state index in [1.54, 1.807) is 19.2 Å². The fourth-order valence-electron chi connectivity index (χ4n) is 4.82. The number of ether oxygens (including phenoxy) is 2. The highest BCUT2D eigenvalue weighted by Crippen LogP contribution is 2.37. The number of hydrogen-bond donors (Lipinski definition) is 1. The lowest BCUT2D eigenvalue weighted by Gasteiger charge is -2.15. The van der Waals surface area contributed by atoms with Crippen LogP contribution in [0.4, 0.5) is 14.6 Å². The molecule has 4 aromatic rings. The predicted molar refractivity (Wildman–Crippen MR) is 144 cm³/mol. The third-order valence-electron chi connectivity index (χ3n) is 6.77. The standard InChI is InChI=1S/C29H34F2N4O2/c1-7-29(30,31)22-11-9-21(10-12-22)15-16-32-28-27-20(5)35(19(4)26(27)18(3)33-34-28)24-14-13-23(37-8-2)17-25(24)36-6/h9-14,17H,7-8,15-16H2,1-6H3,(H,32,34). The minimum atomic E-state index is -2.80. The Labute approximate surface area is 216 Å². The van der Waals surface area contributed by atoms with Crippen molar-refractivity contribution in [1.29, 1.82) is 0 Å². The SMILES string of the molecule is CCOc1ccc(-n2c(C)c3c(C)nnc(NCCc4ccc(C(F)(F)CC)cc4)c3c2C)c(OC)c1. The van der Waals surface area contributed by atoms with Crippen molar-refractivity contribution in [3.63, 3.8) is 0 Å². The number of nitrogens with zero attached hydrogens (tertiary/aromatic N) is 3. The van der Waals surface area contributed by atoms with Crippen molar-refractivity contribution in [3.05, 3.63) is 70.7 Å². The molecule has 2 aromatic heterocycles. The average molecular weight is 509 g/mol. The van der Waals surface area contributed by atoms with Crippen LogP contribution < -0.4 is 14.8 Å². The monoisotopic (exact) mass is 508 g/mol. The van der Waals surface area contributed by atoms with Crippen molar-refractivity contribution in [3.8, 4) is 17.2 Å². The number of benzene rings is 2. The first kappa shape index (κ1) is 26.4. The van der Waals surface area contributed by atoms with E-state index in [1.165, 1.54) is 19.1 Å². The molecule has 0 amide bonds. The van der Waals surface area contributed by atoms with Gasteiger partial charge in [0, 0.05) is 46.8 Å². The van der Waals surface area contributed by atoms with E-state index in [2.05, 4.69) is 33.9 Å². The molecule has 37 heavy (non-hydrogen) atoms. The molecule has 0 fully saturated rings. The molecule has 0 aliphatic heterocycles. The summed E-state index contributed by atoms with van der Waals surface area (Å²) in [6, 6.07) is 12.4. The van der Waals surface area contributed by atoms with E-state index in [0.29, 0.717) is 31.1 Å². The summed E-state index contributed by atoms with van der Waals surface area (Å²) in [5, 5.41) is 14.3. The van der Waals surface area contributed by atoms with Crippen LogP contribution in [0.2, 0.25) is 0 Å². The van der Waals surface area contributed by atoms with Gasteiger partial charge in [0.25, 0.3) is 5.92 Å². The third-order valence-corrected chi connectivity index (χ3v) is 6.77. The third kappa shape index (κ3) is 5.10. The zero-order chi connectivity index (χ0) is 26.7. The van der Waals surface area contributed by atoms with E-state index in [1.807, 2.05) is 32.0 Å². The van der Waals surface area contributed by atoms with Crippen LogP contribution in [0.1, 0.15) is 48.5 Å². The molecule has 0 radical (unpaired) electrons. The van der Waals surface area contributed by atoms with Crippen molar-refractivity contribution in [2.45, 2.75) is 53.4 Å². The zero-order valence-electron chi connectivity index (χ0n) is 22.3. The fourth-order valence-corrected chi connectivity index (χ4v) is 4.82. The quantitative estimate of drug-likeness (QED) is 0.252. The van der Waals surface area contributed by atoms with Gasteiger partial charge in [-0.3, -0.25) is 0 Å². The number of aromatic nitrogens is 3. The van der Waals surface area contributed by atoms with E-state index in [0.717, 1.165) is 44.9 Å². The number of nitrogens with one attached hydrogen (secondary N) is 1. The lowest BCUT2D eigenvalue weighted by atomic mass is 10.0. The van der Waals surface area contributed by atoms with Gasteiger partial charge in [0.05, 0.1) is 25.1 Å². The number of methoxy groups -OCH3 is 1. The van der Waals surface area contributed by atoms with Gasteiger partial charge in [0.1, 0.15) is 11.5 Å². The summed E-state index contributed by atoms with van der Waals surface area (Å²) in [5.74, 6) is -0.640. The molecule has 0 spiro atoms. The topological polar surface area (TPSA) is 61.2 Å². The number of rotatable bonds is 10. The number of alkyl halides is 2. The van der Waals surface area contributed by atoms with Crippen LogP contribution in [0.25, 0.3) is 16.5 Å². The van der Waals surface area contributed by atoms with Gasteiger partial charge in [-0.15, -0.1) is 5.10 Å². The Morgan fingerprint density at radius 3 is 2.30 bits per heavy atom. The van der Waals surface area contributed by atoms with Crippen LogP contribution in [0.3, 0.4) is 0 Å². The number of anilines is 1. The molecule has 1 N–H and O–H groups in total. The minimum absolute atomic E-state index is 0.0509. The maximum Gasteiger partial charge on any atom is 0.273 e. The maximum absolute atomic E-state index is 13.9. The first-order valence-corrected chi connectivity index (χ1v) is 12.6. The summed E-state index contributed by atoms with van der Waals surface area (Å²) < 4.78 is 41.4. The van der Waals surface area contributed by atoms with Crippen molar-refractivity contribution in [2.24, 2.45) is 0 Å². The molecule has 0 saturated heterocycles. The lowest BCUT2D eigenvalue weighted by molar-refractivity contribution is -0.00829. The van der Waals surface area contributed by atoms with Crippen LogP contribution in [-0.4, -0.2) is 35.0 Å². The van der Waals surface area contributed by atoms with Gasteiger partial charge in [-0.2, -0.15) is 5.10 Å². The van der Waals surface area contributed by atoms with E-state index >= 15 is 0 Å². The van der Waals surface area contributed by atoms with Gasteiger partial charge in [0.2, 0.25) is 0 Å². The fraction of sp³-hybridized carbons (Fsp3) is 0.379. The molecule has 2 aromatic carbocycles. The first-order chi connectivity index (χ1) is 17.7. The number of fused-ring (bicyclic) bond motifs is 1. The molecule has 8 heteroatoms. The van der Waals surface area contributed by atoms with Crippen LogP contribution in [0.5, 0.6) is 11.5 Å². The predicted octanol–water partition coefficient (Wildman–Crippen LogP) is 6.91. The highest BCUT2D eigenvalue weighted by molar-refractivity contribution is 5.98. The summed E-state index contributed by atoms with van der Waals surface area (Å²) in [6.07, 6.45) is 0.456. The zero-order valence-corrected chi connectivity index (χ0v) is 22.3. The van der Waals surface area contributed by atoms with Crippen LogP contribution in [-0.2, 0) is 12.3 Å². The van der Waals surface area contributed by atoms with Crippen molar-refractivity contribution >= 4 is 16.6 Å². The Morgan fingerprint density at radius 1 is 0.946 bits per heavy atom. The molecule has 6 nitrogen and oxygen atoms in total. The van der Waals surface area contributed by atoms with Crippen molar-refractivity contribution in [1.82, 2.24) is 14.8 Å². The largest absolute Gasteiger partial charge is 0.494 e. The Bertz CT molecular complexity index is 1400. The van der Waals surface area contributed by atoms with E-state index in [9.17, 15) is 8.78 Å². The van der Waals surface area contributed by atoms with Gasteiger partial charge in [-0.1, -0.05) is 31.2 Å². The first-order valence-electron chi connectivity index (χ1n) is 12.6. The Hall–Kier alpha value is -3.68. The Morgan fingerprint density at radius 2 is 1.65 bits per heavy atom. The summed E-state index contributed by atoms with van der Waals surface area (Å²) in [4.78, 5) is 0. The summed E-state index contributed by atoms with van der Waals surface area (Å²) in [6.45, 7) is 10.7. The molecule has 0 aliphatic rings. The highest BCUT2D eigenvalue weighted by atomic mass is 19.3. The van der Waals surface area contributed by atoms with Crippen LogP contribution >= 0.6 is 0 Å². The van der Waals surface area contributed by atoms with Crippen LogP contribution in [0, 0.1) is 20.8 Å². The lowest BCUT2D eigenvalue weighted by Crippen LogP contribution is -2.12. The smallest absolute Gasteiger partial charge is 0.273 e. The van der Waals surface area contributed by atoms with Gasteiger partial charge in [0.15, 0.2) is 5.82 Å². The molecule has 0 saturated carbocycles. The molecule has 196 valence electrons. The molecule has 2 heterocycles. The Kier molecular flexibility index (Phi) is 7.66. The summed E-state index contributed by atoms with van der Waals surface area (Å²) in [5.41, 5.74) is 4.84. The van der Waals surface area contributed by atoms with Gasteiger partial charge < -0.3 is 19.4 Å². The van der Waals surface area contributed by atoms with E-state index < -0.39 is 5.92 Å². The second kappa shape index (κ2) is 10.7. The number of hydrogen-bond acceptors (Lipinski definition) is 5. The average Bonchev–Trinajstić information content (AvgIpc) is 3.16. The molecule has 4 rings (SSSR count). The van der Waals surface area contributed by atoms with Gasteiger partial charge >= 0.3 is 0 Å². The molecule has 0 unspecified atom stereocenters. The molecular formula is C29H34F2N4O2. The number of halogens is 2.